The van der Waals surface area contributed by atoms with Crippen LogP contribution in [0.1, 0.15) is 200 Å². The summed E-state index contributed by atoms with van der Waals surface area (Å²) in [6.45, 7) is 1.87. The first-order valence-corrected chi connectivity index (χ1v) is 28.1. The Balaban J connectivity index is 0.000000171. The SMILES string of the molecule is C1CCC(P(C2CCCCC2)C2CCCCC2)CC1.C1CCC(P(C2CCCCC2)C2CCCCC2)CC1.C[CH]=[Ru]([Cl])[Cl]. The van der Waals surface area contributed by atoms with Gasteiger partial charge in [-0.15, -0.1) is 0 Å². The Morgan fingerprint density at radius 1 is 0.349 bits per heavy atom. The van der Waals surface area contributed by atoms with Crippen molar-refractivity contribution in [2.75, 3.05) is 0 Å². The van der Waals surface area contributed by atoms with Crippen molar-refractivity contribution in [3.05, 3.63) is 0 Å². The minimum atomic E-state index is -1.36. The summed E-state index contributed by atoms with van der Waals surface area (Å²) in [5.74, 6) is 0. The summed E-state index contributed by atoms with van der Waals surface area (Å²) in [5, 5.41) is 0. The topological polar surface area (TPSA) is 0 Å². The van der Waals surface area contributed by atoms with Gasteiger partial charge in [0.15, 0.2) is 0 Å². The first-order valence-electron chi connectivity index (χ1n) is 19.5. The van der Waals surface area contributed by atoms with Gasteiger partial charge in [-0.1, -0.05) is 131 Å². The third kappa shape index (κ3) is 13.4. The van der Waals surface area contributed by atoms with Crippen molar-refractivity contribution in [3.63, 3.8) is 0 Å². The molecule has 6 fully saturated rings. The molecule has 0 N–H and O–H groups in total. The van der Waals surface area contributed by atoms with Gasteiger partial charge in [-0.3, -0.25) is 0 Å². The average Bonchev–Trinajstić information content (AvgIpc) is 3.09. The van der Waals surface area contributed by atoms with Crippen LogP contribution in [0, 0.1) is 0 Å². The second-order valence-electron chi connectivity index (χ2n) is 15.1. The first-order chi connectivity index (χ1) is 21.2. The summed E-state index contributed by atoms with van der Waals surface area (Å²) < 4.78 is 1.84. The third-order valence-corrected chi connectivity index (χ3v) is 22.9. The Kier molecular flexibility index (Phi) is 19.8. The van der Waals surface area contributed by atoms with Gasteiger partial charge in [0, 0.05) is 0 Å². The van der Waals surface area contributed by atoms with Crippen molar-refractivity contribution >= 4 is 39.8 Å². The minimum absolute atomic E-state index is 0.385. The Labute approximate surface area is 285 Å². The van der Waals surface area contributed by atoms with E-state index < -0.39 is 13.5 Å². The van der Waals surface area contributed by atoms with Crippen LogP contribution in [0.2, 0.25) is 0 Å². The molecule has 5 heteroatoms. The Hall–Kier alpha value is 1.93. The van der Waals surface area contributed by atoms with Crippen molar-refractivity contribution in [2.24, 2.45) is 0 Å². The molecule has 6 aliphatic carbocycles. The van der Waals surface area contributed by atoms with Gasteiger partial charge in [0.25, 0.3) is 0 Å². The fraction of sp³-hybridized carbons (Fsp3) is 0.974. The molecule has 0 nitrogen and oxygen atoms in total. The van der Waals surface area contributed by atoms with E-state index in [1.54, 1.807) is 154 Å². The van der Waals surface area contributed by atoms with Gasteiger partial charge >= 0.3 is 44.4 Å². The Morgan fingerprint density at radius 3 is 0.605 bits per heavy atom. The van der Waals surface area contributed by atoms with Crippen molar-refractivity contribution in [3.8, 4) is 0 Å². The number of rotatable bonds is 6. The van der Waals surface area contributed by atoms with Crippen molar-refractivity contribution in [1.82, 2.24) is 0 Å². The zero-order chi connectivity index (χ0) is 30.1. The molecule has 0 bridgehead atoms. The summed E-state index contributed by atoms with van der Waals surface area (Å²) in [6, 6.07) is 0. The van der Waals surface area contributed by atoms with Crippen molar-refractivity contribution in [1.29, 1.82) is 0 Å². The molecule has 0 spiro atoms. The molecule has 0 radical (unpaired) electrons. The van der Waals surface area contributed by atoms with E-state index in [1.165, 1.54) is 72.5 Å². The van der Waals surface area contributed by atoms with E-state index in [-0.39, 0.29) is 0 Å². The number of hydrogen-bond donors (Lipinski definition) is 0. The number of hydrogen-bond acceptors (Lipinski definition) is 0. The van der Waals surface area contributed by atoms with Crippen molar-refractivity contribution in [2.45, 2.75) is 234 Å². The van der Waals surface area contributed by atoms with Gasteiger partial charge < -0.3 is 0 Å². The van der Waals surface area contributed by atoms with E-state index >= 15 is 0 Å². The van der Waals surface area contributed by atoms with Gasteiger partial charge in [-0.25, -0.2) is 0 Å². The summed E-state index contributed by atoms with van der Waals surface area (Å²) in [4.78, 5) is 0. The molecule has 6 saturated carbocycles. The Morgan fingerprint density at radius 2 is 0.488 bits per heavy atom. The monoisotopic (exact) mass is 760 g/mol. The zero-order valence-electron chi connectivity index (χ0n) is 28.3. The predicted octanol–water partition coefficient (Wildman–Crippen LogP) is 14.7. The molecular formula is C38H70Cl2P2Ru. The van der Waals surface area contributed by atoms with Crippen LogP contribution in [0.5, 0.6) is 0 Å². The molecule has 43 heavy (non-hydrogen) atoms. The normalized spacial score (nSPS) is 26.8. The van der Waals surface area contributed by atoms with Crippen LogP contribution in [-0.4, -0.2) is 38.6 Å². The van der Waals surface area contributed by atoms with Crippen LogP contribution in [0.3, 0.4) is 0 Å². The molecule has 0 amide bonds. The first kappa shape index (κ1) is 37.7. The van der Waals surface area contributed by atoms with Gasteiger partial charge in [0.05, 0.1) is 0 Å². The summed E-state index contributed by atoms with van der Waals surface area (Å²) >= 11 is -1.36. The molecule has 0 atom stereocenters. The van der Waals surface area contributed by atoms with E-state index in [0.717, 1.165) is 0 Å². The van der Waals surface area contributed by atoms with Gasteiger partial charge in [0.2, 0.25) is 0 Å². The van der Waals surface area contributed by atoms with E-state index in [4.69, 9.17) is 19.4 Å². The van der Waals surface area contributed by atoms with Crippen LogP contribution in [0.4, 0.5) is 0 Å². The second-order valence-corrected chi connectivity index (χ2v) is 27.5. The quantitative estimate of drug-likeness (QED) is 0.187. The fourth-order valence-corrected chi connectivity index (χ4v) is 19.4. The Bertz CT molecular complexity index is 583. The zero-order valence-corrected chi connectivity index (χ0v) is 33.3. The van der Waals surface area contributed by atoms with Gasteiger partial charge in [0.1, 0.15) is 0 Å². The molecule has 0 unspecified atom stereocenters. The molecule has 254 valence electrons. The maximum absolute atomic E-state index is 5.32. The van der Waals surface area contributed by atoms with Crippen LogP contribution < -0.4 is 0 Å². The second kappa shape index (κ2) is 22.5. The third-order valence-electron chi connectivity index (χ3n) is 12.1. The van der Waals surface area contributed by atoms with Gasteiger partial charge in [-0.2, -0.15) is 0 Å². The van der Waals surface area contributed by atoms with Crippen LogP contribution >= 0.6 is 35.2 Å². The summed E-state index contributed by atoms with van der Waals surface area (Å²) in [5.41, 5.74) is 7.14. The van der Waals surface area contributed by atoms with E-state index in [9.17, 15) is 0 Å². The van der Waals surface area contributed by atoms with E-state index in [0.29, 0.717) is 15.8 Å². The summed E-state index contributed by atoms with van der Waals surface area (Å²) in [7, 11) is 11.4. The maximum atomic E-state index is 5.32. The van der Waals surface area contributed by atoms with Crippen molar-refractivity contribution < 1.29 is 13.5 Å². The molecule has 0 saturated heterocycles. The molecule has 6 aliphatic rings. The summed E-state index contributed by atoms with van der Waals surface area (Å²) in [6.07, 6.45) is 47.2. The molecule has 0 aliphatic heterocycles. The predicted molar refractivity (Wildman–Crippen MR) is 199 cm³/mol. The van der Waals surface area contributed by atoms with Crippen LogP contribution in [0.25, 0.3) is 0 Å². The van der Waals surface area contributed by atoms with Crippen LogP contribution in [0.15, 0.2) is 0 Å². The fourth-order valence-electron chi connectivity index (χ4n) is 10.1. The molecule has 0 aromatic carbocycles. The molecule has 6 rings (SSSR count). The average molecular weight is 761 g/mol. The van der Waals surface area contributed by atoms with E-state index in [2.05, 4.69) is 0 Å². The van der Waals surface area contributed by atoms with E-state index in [1.807, 2.05) is 11.5 Å². The molecule has 0 aromatic heterocycles. The molecule has 0 aromatic rings. The standard InChI is InChI=1S/2C18H33P.C2H4.2ClH.Ru/c2*1-4-10-16(11-5-1)19(17-12-6-2-7-13-17)18-14-8-3-9-15-18;1-2;;;/h2*16-18H,1-15H2;1H,2H3;2*1H;/q;;;;;+2/p-2. The van der Waals surface area contributed by atoms with Gasteiger partial charge in [-0.05, 0) is 111 Å². The molecular weight excluding hydrogens is 690 g/mol. The number of halogens is 2. The molecule has 0 heterocycles. The van der Waals surface area contributed by atoms with Crippen LogP contribution in [-0.2, 0) is 13.5 Å².